The maximum absolute atomic E-state index is 12.9. The zero-order valence-corrected chi connectivity index (χ0v) is 16.8. The molecule has 2 aliphatic rings. The summed E-state index contributed by atoms with van der Waals surface area (Å²) in [4.78, 5) is 28.6. The van der Waals surface area contributed by atoms with Gasteiger partial charge in [-0.05, 0) is 26.0 Å². The highest BCUT2D eigenvalue weighted by atomic mass is 32.2. The largest absolute Gasteiger partial charge is 0.341 e. The van der Waals surface area contributed by atoms with Gasteiger partial charge in [0.25, 0.3) is 10.0 Å². The molecular weight excluding hydrogens is 410 g/mol. The molecule has 12 heteroatoms. The number of urea groups is 1. The van der Waals surface area contributed by atoms with Gasteiger partial charge in [-0.2, -0.15) is 10.5 Å². The van der Waals surface area contributed by atoms with Crippen molar-refractivity contribution in [1.82, 2.24) is 14.3 Å². The lowest BCUT2D eigenvalue weighted by Gasteiger charge is -2.29. The zero-order chi connectivity index (χ0) is 22.1. The Balaban J connectivity index is 1.81. The van der Waals surface area contributed by atoms with Gasteiger partial charge in [-0.3, -0.25) is 9.79 Å². The minimum atomic E-state index is -4.41. The Labute approximate surface area is 172 Å². The van der Waals surface area contributed by atoms with Gasteiger partial charge < -0.3 is 10.6 Å². The van der Waals surface area contributed by atoms with Crippen molar-refractivity contribution >= 4 is 45.3 Å². The van der Waals surface area contributed by atoms with E-state index in [1.807, 2.05) is 6.07 Å². The van der Waals surface area contributed by atoms with Crippen LogP contribution >= 0.6 is 0 Å². The number of sulfonamides is 1. The molecular formula is C18H16N7O4S+. The smallest absolute Gasteiger partial charge is 0.336 e. The fourth-order valence-corrected chi connectivity index (χ4v) is 4.69. The fraction of sp³-hybridized carbons (Fsp3) is 0.278. The maximum Gasteiger partial charge on any atom is 0.336 e. The molecule has 3 rings (SSSR count). The van der Waals surface area contributed by atoms with E-state index in [4.69, 9.17) is 5.26 Å². The van der Waals surface area contributed by atoms with Crippen molar-refractivity contribution in [3.63, 3.8) is 0 Å². The van der Waals surface area contributed by atoms with Crippen LogP contribution in [0, 0.1) is 22.7 Å². The number of hydrogen-bond acceptors (Lipinski definition) is 7. The number of hydrogen-bond donors (Lipinski definition) is 2. The van der Waals surface area contributed by atoms with Gasteiger partial charge in [0.05, 0.1) is 11.3 Å². The number of nitrogens with one attached hydrogen (secondary N) is 2. The summed E-state index contributed by atoms with van der Waals surface area (Å²) in [6.45, 7) is 2.55. The molecule has 3 amide bonds. The Hall–Kier alpha value is -3.99. The number of carbonyl (C=O) groups is 2. The number of aliphatic imine (C=N–C) groups is 1. The van der Waals surface area contributed by atoms with Crippen LogP contribution in [-0.4, -0.2) is 60.9 Å². The first-order valence-corrected chi connectivity index (χ1v) is 10.2. The van der Waals surface area contributed by atoms with Crippen LogP contribution in [0.5, 0.6) is 0 Å². The molecule has 2 aliphatic heterocycles. The van der Waals surface area contributed by atoms with E-state index in [-0.39, 0.29) is 21.9 Å². The van der Waals surface area contributed by atoms with Gasteiger partial charge in [0, 0.05) is 0 Å². The second-order valence-electron chi connectivity index (χ2n) is 6.51. The van der Waals surface area contributed by atoms with Gasteiger partial charge >= 0.3 is 18.0 Å². The molecule has 152 valence electrons. The first kappa shape index (κ1) is 20.7. The molecule has 0 spiro atoms. The predicted octanol–water partition coefficient (Wildman–Crippen LogP) is -0.455. The van der Waals surface area contributed by atoms with Gasteiger partial charge in [0.2, 0.25) is 11.6 Å². The number of carbonyl (C=O) groups excluding carboxylic acids is 2. The Morgan fingerprint density at radius 1 is 1.40 bits per heavy atom. The van der Waals surface area contributed by atoms with Crippen molar-refractivity contribution in [2.75, 3.05) is 11.9 Å². The molecule has 2 heterocycles. The van der Waals surface area contributed by atoms with E-state index in [1.54, 1.807) is 19.9 Å². The SMILES string of the molecule is CC1N=C(C#N)C=[N+]=C1[C@H](C)NC(=O)CN1C(=O)Nc2cccc(C#N)c2S1(=O)=O. The van der Waals surface area contributed by atoms with Crippen LogP contribution in [0.1, 0.15) is 19.4 Å². The third-order valence-corrected chi connectivity index (χ3v) is 6.30. The van der Waals surface area contributed by atoms with E-state index in [1.165, 1.54) is 24.4 Å². The van der Waals surface area contributed by atoms with Gasteiger partial charge in [0.1, 0.15) is 35.7 Å². The Kier molecular flexibility index (Phi) is 5.39. The third kappa shape index (κ3) is 3.65. The summed E-state index contributed by atoms with van der Waals surface area (Å²) in [6.07, 6.45) is 1.28. The fourth-order valence-electron chi connectivity index (χ4n) is 3.13. The summed E-state index contributed by atoms with van der Waals surface area (Å²) in [5, 5.41) is 23.0. The Bertz CT molecular complexity index is 1230. The van der Waals surface area contributed by atoms with E-state index in [0.29, 0.717) is 10.0 Å². The molecule has 0 aliphatic carbocycles. The predicted molar refractivity (Wildman–Crippen MR) is 107 cm³/mol. The molecule has 0 saturated carbocycles. The summed E-state index contributed by atoms with van der Waals surface area (Å²) in [5.41, 5.74) is 0.479. The van der Waals surface area contributed by atoms with Gasteiger partial charge in [-0.15, -0.1) is 0 Å². The number of fused-ring (bicyclic) bond motifs is 1. The van der Waals surface area contributed by atoms with Gasteiger partial charge in [-0.25, -0.2) is 17.5 Å². The van der Waals surface area contributed by atoms with E-state index >= 15 is 0 Å². The van der Waals surface area contributed by atoms with Gasteiger partial charge in [0.15, 0.2) is 0 Å². The molecule has 1 aromatic rings. The minimum Gasteiger partial charge on any atom is -0.341 e. The average molecular weight is 426 g/mol. The molecule has 30 heavy (non-hydrogen) atoms. The average Bonchev–Trinajstić information content (AvgIpc) is 2.70. The highest BCUT2D eigenvalue weighted by Crippen LogP contribution is 2.32. The molecule has 2 atom stereocenters. The van der Waals surface area contributed by atoms with E-state index < -0.39 is 40.6 Å². The van der Waals surface area contributed by atoms with E-state index in [2.05, 4.69) is 20.3 Å². The molecule has 11 nitrogen and oxygen atoms in total. The molecule has 0 bridgehead atoms. The lowest BCUT2D eigenvalue weighted by atomic mass is 10.1. The van der Waals surface area contributed by atoms with Crippen molar-refractivity contribution in [3.05, 3.63) is 23.8 Å². The summed E-state index contributed by atoms with van der Waals surface area (Å²) in [6, 6.07) is 5.70. The maximum atomic E-state index is 12.9. The standard InChI is InChI=1S/C18H15N7O4S/c1-10-16(21-8-13(7-20)22-10)11(2)23-15(26)9-25-18(27)24-14-5-3-4-12(6-19)17(14)30(25,28)29/h3-5,8,10-11H,9H2,1-2H3,(H-,23,24,26,27)/p+1/t10?,11-/m0/s1. The van der Waals surface area contributed by atoms with Crippen LogP contribution in [0.25, 0.3) is 0 Å². The first-order valence-electron chi connectivity index (χ1n) is 8.74. The number of benzene rings is 1. The van der Waals surface area contributed by atoms with Crippen LogP contribution in [0.4, 0.5) is 10.5 Å². The highest BCUT2D eigenvalue weighted by Gasteiger charge is 2.40. The first-order chi connectivity index (χ1) is 14.2. The number of rotatable bonds is 4. The number of anilines is 1. The number of amides is 3. The van der Waals surface area contributed by atoms with Crippen molar-refractivity contribution in [2.24, 2.45) is 4.99 Å². The lowest BCUT2D eigenvalue weighted by Crippen LogP contribution is -2.52. The topological polar surface area (TPSA) is 170 Å². The van der Waals surface area contributed by atoms with Crippen LogP contribution < -0.4 is 15.3 Å². The number of nitrogens with zero attached hydrogens (tertiary/aromatic N) is 5. The van der Waals surface area contributed by atoms with Crippen LogP contribution in [0.15, 0.2) is 28.1 Å². The zero-order valence-electron chi connectivity index (χ0n) is 15.9. The monoisotopic (exact) mass is 426 g/mol. The third-order valence-electron chi connectivity index (χ3n) is 4.47. The molecule has 1 unspecified atom stereocenters. The highest BCUT2D eigenvalue weighted by molar-refractivity contribution is 7.90. The van der Waals surface area contributed by atoms with E-state index in [0.717, 1.165) is 0 Å². The van der Waals surface area contributed by atoms with Crippen molar-refractivity contribution < 1.29 is 18.0 Å². The minimum absolute atomic E-state index is 0.0174. The summed E-state index contributed by atoms with van der Waals surface area (Å²) in [5.74, 6) is -0.746. The number of nitriles is 2. The van der Waals surface area contributed by atoms with Crippen LogP contribution in [0.2, 0.25) is 0 Å². The van der Waals surface area contributed by atoms with Crippen molar-refractivity contribution in [2.45, 2.75) is 30.8 Å². The summed E-state index contributed by atoms with van der Waals surface area (Å²) < 4.78 is 30.3. The normalized spacial score (nSPS) is 19.9. The molecule has 1 aromatic carbocycles. The second kappa shape index (κ2) is 7.79. The van der Waals surface area contributed by atoms with Crippen LogP contribution in [-0.2, 0) is 14.8 Å². The van der Waals surface area contributed by atoms with Gasteiger partial charge in [-0.1, -0.05) is 10.7 Å². The quantitative estimate of drug-likeness (QED) is 0.617. The molecule has 0 aromatic heterocycles. The van der Waals surface area contributed by atoms with E-state index in [9.17, 15) is 23.3 Å². The molecule has 0 saturated heterocycles. The molecule has 0 fully saturated rings. The Morgan fingerprint density at radius 2 is 2.13 bits per heavy atom. The summed E-state index contributed by atoms with van der Waals surface area (Å²) >= 11 is 0. The second-order valence-corrected chi connectivity index (χ2v) is 8.31. The Morgan fingerprint density at radius 3 is 2.77 bits per heavy atom. The molecule has 0 radical (unpaired) electrons. The summed E-state index contributed by atoms with van der Waals surface area (Å²) in [7, 11) is -4.41. The van der Waals surface area contributed by atoms with Crippen LogP contribution in [0.3, 0.4) is 0 Å². The lowest BCUT2D eigenvalue weighted by molar-refractivity contribution is -0.121. The molecule has 2 N–H and O–H groups in total. The van der Waals surface area contributed by atoms with Crippen molar-refractivity contribution in [3.8, 4) is 12.1 Å². The van der Waals surface area contributed by atoms with Crippen molar-refractivity contribution in [1.29, 1.82) is 10.5 Å².